The van der Waals surface area contributed by atoms with Gasteiger partial charge in [0.25, 0.3) is 0 Å². The minimum absolute atomic E-state index is 0.119. The Morgan fingerprint density at radius 2 is 2.10 bits per heavy atom. The molecule has 1 heterocycles. The maximum atomic E-state index is 9.24. The summed E-state index contributed by atoms with van der Waals surface area (Å²) in [5, 5.41) is 16.7. The van der Waals surface area contributed by atoms with Gasteiger partial charge in [-0.15, -0.1) is 0 Å². The number of aliphatic hydroxyl groups is 1. The molecule has 0 amide bonds. The highest BCUT2D eigenvalue weighted by Crippen LogP contribution is 2.33. The first-order chi connectivity index (χ1) is 9.86. The second-order valence-electron chi connectivity index (χ2n) is 6.26. The Morgan fingerprint density at radius 3 is 2.90 bits per heavy atom. The van der Waals surface area contributed by atoms with Crippen LogP contribution in [-0.2, 0) is 6.61 Å². The van der Waals surface area contributed by atoms with E-state index in [1.807, 2.05) is 12.1 Å². The van der Waals surface area contributed by atoms with Gasteiger partial charge in [0, 0.05) is 17.8 Å². The van der Waals surface area contributed by atoms with Crippen LogP contribution in [0.1, 0.15) is 44.1 Å². The van der Waals surface area contributed by atoms with Crippen LogP contribution in [0, 0.1) is 5.92 Å². The van der Waals surface area contributed by atoms with Gasteiger partial charge < -0.3 is 15.7 Å². The molecule has 3 rings (SSSR count). The number of piperidine rings is 1. The van der Waals surface area contributed by atoms with E-state index in [1.54, 1.807) is 0 Å². The molecule has 0 aromatic heterocycles. The lowest BCUT2D eigenvalue weighted by atomic mass is 9.88. The van der Waals surface area contributed by atoms with E-state index in [1.165, 1.54) is 45.1 Å². The molecule has 110 valence electrons. The molecular formula is C17H26N2O. The van der Waals surface area contributed by atoms with Gasteiger partial charge in [0.2, 0.25) is 0 Å². The molecule has 1 aromatic carbocycles. The number of nitrogens with one attached hydrogen (secondary N) is 2. The number of aliphatic hydroxyl groups excluding tert-OH is 1. The summed E-state index contributed by atoms with van der Waals surface area (Å²) in [6.45, 7) is 1.31. The molecule has 1 aliphatic heterocycles. The Morgan fingerprint density at radius 1 is 1.15 bits per heavy atom. The molecule has 0 radical (unpaired) electrons. The third kappa shape index (κ3) is 3.15. The van der Waals surface area contributed by atoms with E-state index in [-0.39, 0.29) is 6.61 Å². The Bertz CT molecular complexity index is 429. The van der Waals surface area contributed by atoms with E-state index in [0.717, 1.165) is 17.2 Å². The van der Waals surface area contributed by atoms with Crippen LogP contribution in [0.15, 0.2) is 24.3 Å². The molecule has 20 heavy (non-hydrogen) atoms. The lowest BCUT2D eigenvalue weighted by molar-refractivity contribution is 0.281. The number of hydrogen-bond acceptors (Lipinski definition) is 3. The monoisotopic (exact) mass is 274 g/mol. The topological polar surface area (TPSA) is 44.3 Å². The van der Waals surface area contributed by atoms with E-state index in [4.69, 9.17) is 0 Å². The molecule has 1 saturated heterocycles. The SMILES string of the molecule is OCc1cccc(NC2CCCC2C2CCCCN2)c1. The molecule has 3 N–H and O–H groups in total. The van der Waals surface area contributed by atoms with Crippen molar-refractivity contribution in [1.82, 2.24) is 5.32 Å². The standard InChI is InChI=1S/C17H26N2O/c20-12-13-5-3-6-14(11-13)19-17-9-4-7-15(17)16-8-1-2-10-18-16/h3,5-6,11,15-20H,1-2,4,7-10,12H2. The minimum atomic E-state index is 0.119. The van der Waals surface area contributed by atoms with Crippen LogP contribution >= 0.6 is 0 Å². The summed E-state index contributed by atoms with van der Waals surface area (Å²) in [6, 6.07) is 9.47. The van der Waals surface area contributed by atoms with Crippen LogP contribution in [-0.4, -0.2) is 23.7 Å². The van der Waals surface area contributed by atoms with Gasteiger partial charge in [-0.3, -0.25) is 0 Å². The zero-order valence-electron chi connectivity index (χ0n) is 12.1. The zero-order valence-corrected chi connectivity index (χ0v) is 12.1. The van der Waals surface area contributed by atoms with Gasteiger partial charge in [-0.05, 0) is 55.8 Å². The Labute approximate surface area is 121 Å². The van der Waals surface area contributed by atoms with Gasteiger partial charge in [0.1, 0.15) is 0 Å². The van der Waals surface area contributed by atoms with Crippen LogP contribution < -0.4 is 10.6 Å². The zero-order chi connectivity index (χ0) is 13.8. The van der Waals surface area contributed by atoms with E-state index in [2.05, 4.69) is 22.8 Å². The third-order valence-electron chi connectivity index (χ3n) is 4.90. The maximum Gasteiger partial charge on any atom is 0.0682 e. The molecule has 3 heteroatoms. The van der Waals surface area contributed by atoms with Gasteiger partial charge in [0.05, 0.1) is 6.61 Å². The molecule has 1 aliphatic carbocycles. The highest BCUT2D eigenvalue weighted by Gasteiger charge is 2.34. The van der Waals surface area contributed by atoms with Crippen molar-refractivity contribution in [3.05, 3.63) is 29.8 Å². The predicted octanol–water partition coefficient (Wildman–Crippen LogP) is 2.90. The van der Waals surface area contributed by atoms with Crippen molar-refractivity contribution in [2.75, 3.05) is 11.9 Å². The number of hydrogen-bond donors (Lipinski definition) is 3. The summed E-state index contributed by atoms with van der Waals surface area (Å²) in [6.07, 6.45) is 7.99. The average Bonchev–Trinajstić information content (AvgIpc) is 2.96. The lowest BCUT2D eigenvalue weighted by Crippen LogP contribution is -2.44. The summed E-state index contributed by atoms with van der Waals surface area (Å²) in [4.78, 5) is 0. The van der Waals surface area contributed by atoms with Crippen molar-refractivity contribution in [3.63, 3.8) is 0 Å². The molecule has 2 aliphatic rings. The van der Waals surface area contributed by atoms with Crippen molar-refractivity contribution in [2.45, 2.75) is 57.2 Å². The lowest BCUT2D eigenvalue weighted by Gasteiger charge is -2.33. The molecule has 0 bridgehead atoms. The van der Waals surface area contributed by atoms with Gasteiger partial charge in [-0.2, -0.15) is 0 Å². The van der Waals surface area contributed by atoms with Crippen LogP contribution in [0.25, 0.3) is 0 Å². The predicted molar refractivity (Wildman–Crippen MR) is 82.8 cm³/mol. The molecule has 0 spiro atoms. The van der Waals surface area contributed by atoms with Gasteiger partial charge in [-0.1, -0.05) is 25.0 Å². The van der Waals surface area contributed by atoms with Gasteiger partial charge >= 0.3 is 0 Å². The van der Waals surface area contributed by atoms with E-state index in [0.29, 0.717) is 12.1 Å². The fourth-order valence-corrected chi connectivity index (χ4v) is 3.87. The maximum absolute atomic E-state index is 9.24. The molecule has 3 nitrogen and oxygen atoms in total. The summed E-state index contributed by atoms with van der Waals surface area (Å²) in [7, 11) is 0. The van der Waals surface area contributed by atoms with Crippen LogP contribution in [0.5, 0.6) is 0 Å². The summed E-state index contributed by atoms with van der Waals surface area (Å²) < 4.78 is 0. The highest BCUT2D eigenvalue weighted by molar-refractivity contribution is 5.46. The molecule has 1 aromatic rings. The number of rotatable bonds is 4. The van der Waals surface area contributed by atoms with Crippen molar-refractivity contribution in [2.24, 2.45) is 5.92 Å². The van der Waals surface area contributed by atoms with Crippen molar-refractivity contribution >= 4 is 5.69 Å². The van der Waals surface area contributed by atoms with Crippen LogP contribution in [0.4, 0.5) is 5.69 Å². The number of anilines is 1. The fraction of sp³-hybridized carbons (Fsp3) is 0.647. The Balaban J connectivity index is 1.65. The minimum Gasteiger partial charge on any atom is -0.392 e. The smallest absolute Gasteiger partial charge is 0.0682 e. The van der Waals surface area contributed by atoms with Gasteiger partial charge in [0.15, 0.2) is 0 Å². The van der Waals surface area contributed by atoms with Crippen molar-refractivity contribution in [1.29, 1.82) is 0 Å². The molecule has 1 saturated carbocycles. The first-order valence-electron chi connectivity index (χ1n) is 8.06. The van der Waals surface area contributed by atoms with E-state index in [9.17, 15) is 5.11 Å². The summed E-state index contributed by atoms with van der Waals surface area (Å²) in [5.41, 5.74) is 2.14. The second-order valence-corrected chi connectivity index (χ2v) is 6.26. The van der Waals surface area contributed by atoms with Crippen LogP contribution in [0.3, 0.4) is 0 Å². The van der Waals surface area contributed by atoms with Crippen LogP contribution in [0.2, 0.25) is 0 Å². The first-order valence-corrected chi connectivity index (χ1v) is 8.06. The number of benzene rings is 1. The molecule has 2 fully saturated rings. The van der Waals surface area contributed by atoms with E-state index < -0.39 is 0 Å². The second kappa shape index (κ2) is 6.59. The fourth-order valence-electron chi connectivity index (χ4n) is 3.87. The summed E-state index contributed by atoms with van der Waals surface area (Å²) in [5.74, 6) is 0.757. The van der Waals surface area contributed by atoms with Crippen molar-refractivity contribution < 1.29 is 5.11 Å². The Hall–Kier alpha value is -1.06. The highest BCUT2D eigenvalue weighted by atomic mass is 16.3. The summed E-state index contributed by atoms with van der Waals surface area (Å²) >= 11 is 0. The third-order valence-corrected chi connectivity index (χ3v) is 4.90. The normalized spacial score (nSPS) is 30.4. The van der Waals surface area contributed by atoms with E-state index >= 15 is 0 Å². The quantitative estimate of drug-likeness (QED) is 0.791. The molecule has 3 unspecified atom stereocenters. The van der Waals surface area contributed by atoms with Gasteiger partial charge in [-0.25, -0.2) is 0 Å². The molecular weight excluding hydrogens is 248 g/mol. The first kappa shape index (κ1) is 13.9. The van der Waals surface area contributed by atoms with Crippen molar-refractivity contribution in [3.8, 4) is 0 Å². The largest absolute Gasteiger partial charge is 0.392 e. The molecule has 3 atom stereocenters. The Kier molecular flexibility index (Phi) is 4.58. The average molecular weight is 274 g/mol.